The van der Waals surface area contributed by atoms with Crippen molar-refractivity contribution >= 4 is 22.4 Å². The van der Waals surface area contributed by atoms with Crippen LogP contribution in [0.5, 0.6) is 0 Å². The first-order chi connectivity index (χ1) is 11.2. The second kappa shape index (κ2) is 5.52. The fourth-order valence-electron chi connectivity index (χ4n) is 3.33. The van der Waals surface area contributed by atoms with Crippen molar-refractivity contribution in [3.63, 3.8) is 0 Å². The first-order valence-corrected chi connectivity index (χ1v) is 7.79. The van der Waals surface area contributed by atoms with Crippen LogP contribution in [0.15, 0.2) is 66.7 Å². The minimum atomic E-state index is -0.541. The lowest BCUT2D eigenvalue weighted by Crippen LogP contribution is -2.42. The smallest absolute Gasteiger partial charge is 0.258 e. The van der Waals surface area contributed by atoms with Gasteiger partial charge in [-0.2, -0.15) is 0 Å². The zero-order valence-electron chi connectivity index (χ0n) is 12.6. The molecule has 3 aromatic carbocycles. The summed E-state index contributed by atoms with van der Waals surface area (Å²) in [6, 6.07) is 21.4. The van der Waals surface area contributed by atoms with Crippen molar-refractivity contribution in [2.24, 2.45) is 0 Å². The molecular weight excluding hydrogens is 286 g/mol. The second-order valence-electron chi connectivity index (χ2n) is 5.92. The molecule has 0 aliphatic carbocycles. The molecule has 0 spiro atoms. The third-order valence-electron chi connectivity index (χ3n) is 4.41. The van der Waals surface area contributed by atoms with Crippen LogP contribution in [-0.2, 0) is 6.42 Å². The predicted octanol–water partition coefficient (Wildman–Crippen LogP) is 3.40. The maximum atomic E-state index is 12.9. The Morgan fingerprint density at radius 2 is 1.70 bits per heavy atom. The number of carbonyl (C=O) groups is 1. The molecule has 0 radical (unpaired) electrons. The van der Waals surface area contributed by atoms with E-state index in [9.17, 15) is 9.90 Å². The van der Waals surface area contributed by atoms with Gasteiger partial charge >= 0.3 is 0 Å². The summed E-state index contributed by atoms with van der Waals surface area (Å²) in [4.78, 5) is 14.6. The van der Waals surface area contributed by atoms with Crippen LogP contribution in [0.4, 0.5) is 5.69 Å². The first kappa shape index (κ1) is 14.0. The van der Waals surface area contributed by atoms with Gasteiger partial charge in [-0.15, -0.1) is 0 Å². The molecule has 0 saturated carbocycles. The fraction of sp³-hybridized carbons (Fsp3) is 0.150. The number of fused-ring (bicyclic) bond motifs is 3. The third kappa shape index (κ3) is 2.39. The molecule has 3 aromatic rings. The van der Waals surface area contributed by atoms with Crippen LogP contribution in [0.3, 0.4) is 0 Å². The molecule has 1 unspecified atom stereocenters. The summed E-state index contributed by atoms with van der Waals surface area (Å²) < 4.78 is 0. The Morgan fingerprint density at radius 3 is 2.52 bits per heavy atom. The Labute approximate surface area is 134 Å². The fourth-order valence-corrected chi connectivity index (χ4v) is 3.33. The van der Waals surface area contributed by atoms with Gasteiger partial charge in [0.25, 0.3) is 5.91 Å². The van der Waals surface area contributed by atoms with E-state index < -0.39 is 6.10 Å². The highest BCUT2D eigenvalue weighted by Gasteiger charge is 2.29. The van der Waals surface area contributed by atoms with E-state index in [-0.39, 0.29) is 5.91 Å². The van der Waals surface area contributed by atoms with E-state index >= 15 is 0 Å². The number of rotatable bonds is 1. The maximum Gasteiger partial charge on any atom is 0.258 e. The number of benzene rings is 3. The van der Waals surface area contributed by atoms with E-state index in [4.69, 9.17) is 0 Å². The Bertz CT molecular complexity index is 873. The minimum Gasteiger partial charge on any atom is -0.391 e. The van der Waals surface area contributed by atoms with Crippen LogP contribution in [-0.4, -0.2) is 23.7 Å². The van der Waals surface area contributed by atoms with E-state index in [0.29, 0.717) is 18.5 Å². The largest absolute Gasteiger partial charge is 0.391 e. The zero-order chi connectivity index (χ0) is 15.8. The highest BCUT2D eigenvalue weighted by Crippen LogP contribution is 2.34. The molecule has 1 heterocycles. The lowest BCUT2D eigenvalue weighted by Gasteiger charge is -2.33. The number of nitrogens with zero attached hydrogens (tertiary/aromatic N) is 1. The molecule has 3 heteroatoms. The average molecular weight is 303 g/mol. The van der Waals surface area contributed by atoms with E-state index in [1.807, 2.05) is 54.6 Å². The van der Waals surface area contributed by atoms with Gasteiger partial charge in [-0.25, -0.2) is 0 Å². The number of hydrogen-bond acceptors (Lipinski definition) is 2. The monoisotopic (exact) mass is 303 g/mol. The van der Waals surface area contributed by atoms with Crippen molar-refractivity contribution in [1.82, 2.24) is 0 Å². The highest BCUT2D eigenvalue weighted by molar-refractivity contribution is 6.08. The molecule has 1 N–H and O–H groups in total. The van der Waals surface area contributed by atoms with Gasteiger partial charge in [0.05, 0.1) is 12.6 Å². The molecule has 1 aliphatic heterocycles. The molecular formula is C20H17NO2. The number of anilines is 1. The van der Waals surface area contributed by atoms with Crippen LogP contribution in [0.25, 0.3) is 10.8 Å². The van der Waals surface area contributed by atoms with Crippen LogP contribution < -0.4 is 4.90 Å². The number of hydrogen-bond donors (Lipinski definition) is 1. The molecule has 1 aliphatic rings. The van der Waals surface area contributed by atoms with Gasteiger partial charge in [0, 0.05) is 17.7 Å². The third-order valence-corrected chi connectivity index (χ3v) is 4.41. The number of β-amino-alcohol motifs (C(OH)–C–C–N with tert-alkyl or cyclic N) is 1. The molecule has 4 rings (SSSR count). The van der Waals surface area contributed by atoms with Crippen LogP contribution in [0.1, 0.15) is 15.9 Å². The number of aliphatic hydroxyl groups is 1. The van der Waals surface area contributed by atoms with E-state index in [2.05, 4.69) is 12.1 Å². The molecule has 3 nitrogen and oxygen atoms in total. The van der Waals surface area contributed by atoms with E-state index in [0.717, 1.165) is 22.0 Å². The molecule has 23 heavy (non-hydrogen) atoms. The number of aliphatic hydroxyl groups excluding tert-OH is 1. The van der Waals surface area contributed by atoms with Crippen molar-refractivity contribution in [3.8, 4) is 0 Å². The molecule has 0 bridgehead atoms. The summed E-state index contributed by atoms with van der Waals surface area (Å²) in [5.41, 5.74) is 2.59. The molecule has 0 saturated heterocycles. The molecule has 114 valence electrons. The van der Waals surface area contributed by atoms with Crippen molar-refractivity contribution in [3.05, 3.63) is 77.9 Å². The number of carbonyl (C=O) groups excluding carboxylic acids is 1. The maximum absolute atomic E-state index is 12.9. The molecule has 1 atom stereocenters. The van der Waals surface area contributed by atoms with Gasteiger partial charge < -0.3 is 10.0 Å². The Balaban J connectivity index is 1.85. The summed E-state index contributed by atoms with van der Waals surface area (Å²) in [5.74, 6) is -0.0686. The SMILES string of the molecule is O=C(c1ccccc1)N1CC(O)Cc2c1ccc1ccccc21. The van der Waals surface area contributed by atoms with Crippen LogP contribution in [0, 0.1) is 0 Å². The van der Waals surface area contributed by atoms with Crippen molar-refractivity contribution < 1.29 is 9.90 Å². The van der Waals surface area contributed by atoms with Crippen molar-refractivity contribution in [2.45, 2.75) is 12.5 Å². The number of amides is 1. The topological polar surface area (TPSA) is 40.5 Å². The predicted molar refractivity (Wildman–Crippen MR) is 91.8 cm³/mol. The van der Waals surface area contributed by atoms with Gasteiger partial charge in [0.2, 0.25) is 0 Å². The standard InChI is InChI=1S/C20H17NO2/c22-16-12-18-17-9-5-4-6-14(17)10-11-19(18)21(13-16)20(23)15-7-2-1-3-8-15/h1-11,16,22H,12-13H2. The van der Waals surface area contributed by atoms with Crippen LogP contribution in [0.2, 0.25) is 0 Å². The minimum absolute atomic E-state index is 0.0686. The van der Waals surface area contributed by atoms with Gasteiger partial charge in [-0.3, -0.25) is 4.79 Å². The molecule has 1 amide bonds. The lowest BCUT2D eigenvalue weighted by atomic mass is 9.93. The normalized spacial score (nSPS) is 17.1. The van der Waals surface area contributed by atoms with Crippen molar-refractivity contribution in [2.75, 3.05) is 11.4 Å². The summed E-state index contributed by atoms with van der Waals surface area (Å²) in [7, 11) is 0. The summed E-state index contributed by atoms with van der Waals surface area (Å²) in [6.45, 7) is 0.332. The Kier molecular flexibility index (Phi) is 3.36. The highest BCUT2D eigenvalue weighted by atomic mass is 16.3. The van der Waals surface area contributed by atoms with Crippen LogP contribution >= 0.6 is 0 Å². The van der Waals surface area contributed by atoms with Gasteiger partial charge in [-0.1, -0.05) is 48.5 Å². The molecule has 0 fully saturated rings. The quantitative estimate of drug-likeness (QED) is 0.748. The lowest BCUT2D eigenvalue weighted by molar-refractivity contribution is 0.0955. The molecule has 0 aromatic heterocycles. The Hall–Kier alpha value is -2.65. The second-order valence-corrected chi connectivity index (χ2v) is 5.92. The van der Waals surface area contributed by atoms with Crippen molar-refractivity contribution in [1.29, 1.82) is 0 Å². The first-order valence-electron chi connectivity index (χ1n) is 7.79. The van der Waals surface area contributed by atoms with Gasteiger partial charge in [0.15, 0.2) is 0 Å². The van der Waals surface area contributed by atoms with Gasteiger partial charge in [-0.05, 0) is 34.5 Å². The van der Waals surface area contributed by atoms with E-state index in [1.54, 1.807) is 4.90 Å². The Morgan fingerprint density at radius 1 is 0.957 bits per heavy atom. The summed E-state index contributed by atoms with van der Waals surface area (Å²) in [5, 5.41) is 12.5. The zero-order valence-corrected chi connectivity index (χ0v) is 12.6. The van der Waals surface area contributed by atoms with Gasteiger partial charge in [0.1, 0.15) is 0 Å². The average Bonchev–Trinajstić information content (AvgIpc) is 2.61. The summed E-state index contributed by atoms with van der Waals surface area (Å²) in [6.07, 6.45) is 0.0379. The van der Waals surface area contributed by atoms with E-state index in [1.165, 1.54) is 0 Å². The summed E-state index contributed by atoms with van der Waals surface area (Å²) >= 11 is 0.